The molecule has 2 aromatic heterocycles. The third-order valence-electron chi connectivity index (χ3n) is 3.24. The van der Waals surface area contributed by atoms with Crippen LogP contribution in [-0.4, -0.2) is 36.3 Å². The minimum Gasteiger partial charge on any atom is -0.334 e. The molecular weight excluding hydrogens is 326 g/mol. The van der Waals surface area contributed by atoms with Gasteiger partial charge in [-0.05, 0) is 32.0 Å². The number of aromatic nitrogens is 5. The molecule has 0 unspecified atom stereocenters. The predicted molar refractivity (Wildman–Crippen MR) is 92.6 cm³/mol. The molecule has 24 heavy (non-hydrogen) atoms. The summed E-state index contributed by atoms with van der Waals surface area (Å²) in [5, 5.41) is 15.7. The average molecular weight is 343 g/mol. The number of hydrogen-bond donors (Lipinski definition) is 2. The summed E-state index contributed by atoms with van der Waals surface area (Å²) in [5.74, 6) is 6.48. The summed E-state index contributed by atoms with van der Waals surface area (Å²) in [6, 6.07) is 11.2. The van der Waals surface area contributed by atoms with Gasteiger partial charge in [0.1, 0.15) is 0 Å². The van der Waals surface area contributed by atoms with Crippen LogP contribution < -0.4 is 11.2 Å². The van der Waals surface area contributed by atoms with E-state index in [0.717, 1.165) is 17.1 Å². The predicted octanol–water partition coefficient (Wildman–Crippen LogP) is 1.53. The molecule has 0 aliphatic rings. The smallest absolute Gasteiger partial charge is 0.271 e. The number of benzene rings is 1. The minimum absolute atomic E-state index is 0.137. The second-order valence-electron chi connectivity index (χ2n) is 5.19. The van der Waals surface area contributed by atoms with Gasteiger partial charge in [0, 0.05) is 11.4 Å². The highest BCUT2D eigenvalue weighted by Gasteiger charge is 2.16. The molecule has 0 bridgehead atoms. The van der Waals surface area contributed by atoms with E-state index in [0.29, 0.717) is 11.1 Å². The highest BCUT2D eigenvalue weighted by molar-refractivity contribution is 7.99. The molecule has 3 N–H and O–H groups in total. The van der Waals surface area contributed by atoms with Gasteiger partial charge in [-0.15, -0.1) is 10.2 Å². The molecule has 0 spiro atoms. The molecule has 0 saturated carbocycles. The first-order chi connectivity index (χ1) is 11.5. The molecule has 3 rings (SSSR count). The van der Waals surface area contributed by atoms with E-state index < -0.39 is 0 Å². The topological polar surface area (TPSA) is 104 Å². The number of para-hydroxylation sites is 1. The Morgan fingerprint density at radius 3 is 2.67 bits per heavy atom. The zero-order valence-corrected chi connectivity index (χ0v) is 14.1. The summed E-state index contributed by atoms with van der Waals surface area (Å²) < 4.78 is 2.95. The Bertz CT molecular complexity index is 856. The van der Waals surface area contributed by atoms with Crippen LogP contribution in [0.15, 0.2) is 41.6 Å². The first kappa shape index (κ1) is 16.1. The highest BCUT2D eigenvalue weighted by Crippen LogP contribution is 2.18. The minimum atomic E-state index is -0.137. The number of nitrogens with zero attached hydrogens (tertiary/aromatic N) is 5. The first-order valence-electron chi connectivity index (χ1n) is 7.26. The fourth-order valence-corrected chi connectivity index (χ4v) is 2.84. The van der Waals surface area contributed by atoms with Gasteiger partial charge >= 0.3 is 0 Å². The van der Waals surface area contributed by atoms with Crippen molar-refractivity contribution in [2.45, 2.75) is 19.0 Å². The van der Waals surface area contributed by atoms with Crippen molar-refractivity contribution in [2.75, 3.05) is 16.9 Å². The van der Waals surface area contributed by atoms with E-state index in [9.17, 15) is 4.79 Å². The Morgan fingerprint density at radius 1 is 1.25 bits per heavy atom. The molecule has 1 aromatic carbocycles. The van der Waals surface area contributed by atoms with Crippen LogP contribution in [0.1, 0.15) is 11.4 Å². The molecule has 9 heteroatoms. The lowest BCUT2D eigenvalue weighted by molar-refractivity contribution is -0.113. The van der Waals surface area contributed by atoms with Crippen molar-refractivity contribution in [2.24, 2.45) is 0 Å². The Balaban J connectivity index is 1.66. The molecular formula is C15H17N7OS. The highest BCUT2D eigenvalue weighted by atomic mass is 32.2. The number of hydrogen-bond acceptors (Lipinski definition) is 6. The van der Waals surface area contributed by atoms with Gasteiger partial charge in [-0.1, -0.05) is 30.0 Å². The number of rotatable bonds is 5. The molecule has 124 valence electrons. The van der Waals surface area contributed by atoms with Crippen LogP contribution in [0.3, 0.4) is 0 Å². The van der Waals surface area contributed by atoms with Crippen LogP contribution in [0.2, 0.25) is 0 Å². The normalized spacial score (nSPS) is 10.8. The number of carbonyl (C=O) groups excluding carboxylic acids is 1. The Hall–Kier alpha value is -2.81. The number of nitrogen functional groups attached to an aromatic ring is 1. The van der Waals surface area contributed by atoms with Gasteiger partial charge in [-0.3, -0.25) is 4.79 Å². The molecule has 0 saturated heterocycles. The van der Waals surface area contributed by atoms with Crippen LogP contribution >= 0.6 is 11.8 Å². The average Bonchev–Trinajstić information content (AvgIpc) is 3.08. The zero-order valence-electron chi connectivity index (χ0n) is 13.3. The molecule has 0 fully saturated rings. The number of amides is 1. The first-order valence-corrected chi connectivity index (χ1v) is 8.25. The Morgan fingerprint density at radius 2 is 2.00 bits per heavy atom. The molecule has 0 radical (unpaired) electrons. The number of nitrogens with two attached hydrogens (primary N) is 1. The van der Waals surface area contributed by atoms with Crippen LogP contribution in [0, 0.1) is 13.8 Å². The summed E-state index contributed by atoms with van der Waals surface area (Å²) in [5.41, 5.74) is 2.53. The summed E-state index contributed by atoms with van der Waals surface area (Å²) in [4.78, 5) is 12.0. The van der Waals surface area contributed by atoms with Crippen molar-refractivity contribution >= 4 is 23.4 Å². The lowest BCUT2D eigenvalue weighted by atomic mass is 10.3. The molecule has 0 atom stereocenters. The van der Waals surface area contributed by atoms with Crippen LogP contribution in [-0.2, 0) is 4.79 Å². The van der Waals surface area contributed by atoms with E-state index in [4.69, 9.17) is 5.84 Å². The summed E-state index contributed by atoms with van der Waals surface area (Å²) in [7, 11) is 0. The van der Waals surface area contributed by atoms with Gasteiger partial charge < -0.3 is 11.2 Å². The summed E-state index contributed by atoms with van der Waals surface area (Å²) in [6.45, 7) is 3.80. The quantitative estimate of drug-likeness (QED) is 0.538. The van der Waals surface area contributed by atoms with E-state index in [1.54, 1.807) is 4.68 Å². The van der Waals surface area contributed by atoms with Gasteiger partial charge in [-0.2, -0.15) is 5.10 Å². The van der Waals surface area contributed by atoms with Crippen molar-refractivity contribution in [3.05, 3.63) is 47.8 Å². The molecule has 1 amide bonds. The molecule has 0 aliphatic heterocycles. The third-order valence-corrected chi connectivity index (χ3v) is 4.18. The van der Waals surface area contributed by atoms with Crippen molar-refractivity contribution in [1.82, 2.24) is 24.7 Å². The maximum Gasteiger partial charge on any atom is 0.271 e. The molecule has 8 nitrogen and oxygen atoms in total. The number of anilines is 1. The zero-order chi connectivity index (χ0) is 17.1. The van der Waals surface area contributed by atoms with Crippen molar-refractivity contribution in [3.63, 3.8) is 0 Å². The van der Waals surface area contributed by atoms with Crippen LogP contribution in [0.5, 0.6) is 0 Å². The third kappa shape index (κ3) is 3.40. The monoisotopic (exact) mass is 343 g/mol. The largest absolute Gasteiger partial charge is 0.334 e. The van der Waals surface area contributed by atoms with E-state index in [2.05, 4.69) is 20.6 Å². The second kappa shape index (κ2) is 6.75. The Kier molecular flexibility index (Phi) is 4.52. The van der Waals surface area contributed by atoms with Gasteiger partial charge in [0.2, 0.25) is 11.1 Å². The van der Waals surface area contributed by atoms with Gasteiger partial charge in [-0.25, -0.2) is 9.36 Å². The van der Waals surface area contributed by atoms with E-state index in [1.165, 1.54) is 16.4 Å². The maximum atomic E-state index is 12.0. The fourth-order valence-electron chi connectivity index (χ4n) is 2.19. The summed E-state index contributed by atoms with van der Waals surface area (Å²) in [6.07, 6.45) is 0. The van der Waals surface area contributed by atoms with Gasteiger partial charge in [0.25, 0.3) is 5.95 Å². The van der Waals surface area contributed by atoms with Crippen molar-refractivity contribution in [1.29, 1.82) is 0 Å². The van der Waals surface area contributed by atoms with Gasteiger partial charge in [0.05, 0.1) is 11.4 Å². The van der Waals surface area contributed by atoms with Crippen LogP contribution in [0.25, 0.3) is 5.95 Å². The number of nitrogens with one attached hydrogen (secondary N) is 1. The SMILES string of the molecule is Cc1cc(C)n(-c2nnc(SCC(=O)Nc3ccccc3)n2N)n1. The number of aryl methyl sites for hydroxylation is 2. The van der Waals surface area contributed by atoms with E-state index in [-0.39, 0.29) is 11.7 Å². The second-order valence-corrected chi connectivity index (χ2v) is 6.14. The molecule has 0 aliphatic carbocycles. The number of carbonyl (C=O) groups is 1. The lowest BCUT2D eigenvalue weighted by Gasteiger charge is -2.06. The lowest BCUT2D eigenvalue weighted by Crippen LogP contribution is -2.18. The van der Waals surface area contributed by atoms with Crippen molar-refractivity contribution in [3.8, 4) is 5.95 Å². The molecule has 3 aromatic rings. The van der Waals surface area contributed by atoms with Crippen LogP contribution in [0.4, 0.5) is 5.69 Å². The fraction of sp³-hybridized carbons (Fsp3) is 0.200. The van der Waals surface area contributed by atoms with Crippen molar-refractivity contribution < 1.29 is 4.79 Å². The van der Waals surface area contributed by atoms with E-state index in [1.807, 2.05) is 50.2 Å². The Labute approximate surface area is 143 Å². The summed E-state index contributed by atoms with van der Waals surface area (Å²) >= 11 is 1.21. The standard InChI is InChI=1S/C15H17N7OS/c1-10-8-11(2)22(20-10)14-18-19-15(21(14)16)24-9-13(23)17-12-6-4-3-5-7-12/h3-8H,9,16H2,1-2H3,(H,17,23). The van der Waals surface area contributed by atoms with Gasteiger partial charge in [0.15, 0.2) is 0 Å². The molecule has 2 heterocycles. The number of thioether (sulfide) groups is 1. The maximum absolute atomic E-state index is 12.0. The van der Waals surface area contributed by atoms with E-state index >= 15 is 0 Å².